The topological polar surface area (TPSA) is 63.6 Å². The fraction of sp³-hybridized carbons (Fsp3) is 0.750. The average molecular weight is 282 g/mol. The van der Waals surface area contributed by atoms with E-state index in [9.17, 15) is 14.7 Å². The van der Waals surface area contributed by atoms with Crippen LogP contribution in [0.3, 0.4) is 0 Å². The lowest BCUT2D eigenvalue weighted by molar-refractivity contribution is -0.145. The van der Waals surface area contributed by atoms with Crippen LogP contribution in [0.1, 0.15) is 54.4 Å². The van der Waals surface area contributed by atoms with Gasteiger partial charge in [0.1, 0.15) is 11.9 Å². The molecule has 1 aliphatic carbocycles. The van der Waals surface area contributed by atoms with Crippen molar-refractivity contribution in [3.05, 3.63) is 11.1 Å². The summed E-state index contributed by atoms with van der Waals surface area (Å²) < 4.78 is 5.32. The van der Waals surface area contributed by atoms with E-state index < -0.39 is 12.0 Å². The fourth-order valence-electron chi connectivity index (χ4n) is 3.00. The minimum atomic E-state index is -0.819. The summed E-state index contributed by atoms with van der Waals surface area (Å²) in [5.41, 5.74) is 1.54. The lowest BCUT2D eigenvalue weighted by atomic mass is 9.67. The Kier molecular flexibility index (Phi) is 5.14. The van der Waals surface area contributed by atoms with Gasteiger partial charge in [0.25, 0.3) is 0 Å². The monoisotopic (exact) mass is 282 g/mol. The highest BCUT2D eigenvalue weighted by atomic mass is 16.5. The minimum absolute atomic E-state index is 0.0387. The predicted octanol–water partition coefficient (Wildman–Crippen LogP) is 2.64. The number of carbonyl (C=O) groups is 2. The third-order valence-corrected chi connectivity index (χ3v) is 4.39. The van der Waals surface area contributed by atoms with Crippen molar-refractivity contribution in [2.75, 3.05) is 0 Å². The summed E-state index contributed by atoms with van der Waals surface area (Å²) >= 11 is 0. The van der Waals surface area contributed by atoms with Crippen molar-refractivity contribution < 1.29 is 19.4 Å². The van der Waals surface area contributed by atoms with Gasteiger partial charge in [-0.3, -0.25) is 9.59 Å². The van der Waals surface area contributed by atoms with Crippen LogP contribution in [0.15, 0.2) is 11.1 Å². The first-order valence-corrected chi connectivity index (χ1v) is 7.14. The molecule has 0 radical (unpaired) electrons. The summed E-state index contributed by atoms with van der Waals surface area (Å²) in [5, 5.41) is 10.6. The van der Waals surface area contributed by atoms with Gasteiger partial charge in [-0.05, 0) is 43.3 Å². The molecule has 3 atom stereocenters. The molecule has 0 aromatic heterocycles. The molecule has 4 heteroatoms. The molecular weight excluding hydrogens is 256 g/mol. The van der Waals surface area contributed by atoms with Gasteiger partial charge in [0.2, 0.25) is 0 Å². The highest BCUT2D eigenvalue weighted by Crippen LogP contribution is 2.44. The molecule has 20 heavy (non-hydrogen) atoms. The van der Waals surface area contributed by atoms with E-state index in [-0.39, 0.29) is 23.3 Å². The summed E-state index contributed by atoms with van der Waals surface area (Å²) in [7, 11) is 0. The highest BCUT2D eigenvalue weighted by molar-refractivity contribution is 5.79. The van der Waals surface area contributed by atoms with Crippen LogP contribution in [-0.2, 0) is 14.3 Å². The molecule has 4 nitrogen and oxygen atoms in total. The second kappa shape index (κ2) is 6.08. The Balaban J connectivity index is 3.18. The van der Waals surface area contributed by atoms with Crippen LogP contribution in [0.5, 0.6) is 0 Å². The molecule has 0 saturated carbocycles. The van der Waals surface area contributed by atoms with Gasteiger partial charge in [0.15, 0.2) is 0 Å². The lowest BCUT2D eigenvalue weighted by Gasteiger charge is -2.41. The Bertz CT molecular complexity index is 434. The number of hydrogen-bond acceptors (Lipinski definition) is 4. The number of rotatable bonds is 4. The van der Waals surface area contributed by atoms with E-state index in [1.54, 1.807) is 6.92 Å². The Hall–Kier alpha value is -1.16. The van der Waals surface area contributed by atoms with Crippen LogP contribution in [-0.4, -0.2) is 29.1 Å². The number of aliphatic hydroxyl groups is 1. The van der Waals surface area contributed by atoms with E-state index >= 15 is 0 Å². The van der Waals surface area contributed by atoms with Gasteiger partial charge in [-0.2, -0.15) is 0 Å². The van der Waals surface area contributed by atoms with Gasteiger partial charge >= 0.3 is 5.97 Å². The first-order chi connectivity index (χ1) is 9.08. The maximum atomic E-state index is 11.5. The molecule has 0 spiro atoms. The molecule has 0 aliphatic heterocycles. The van der Waals surface area contributed by atoms with Crippen LogP contribution in [0.4, 0.5) is 0 Å². The van der Waals surface area contributed by atoms with Crippen molar-refractivity contribution in [2.45, 2.75) is 66.6 Å². The van der Waals surface area contributed by atoms with E-state index in [4.69, 9.17) is 4.74 Å². The molecule has 0 aromatic carbocycles. The van der Waals surface area contributed by atoms with Gasteiger partial charge in [0.05, 0.1) is 6.10 Å². The molecule has 1 aliphatic rings. The van der Waals surface area contributed by atoms with Crippen molar-refractivity contribution in [3.8, 4) is 0 Å². The Morgan fingerprint density at radius 2 is 1.90 bits per heavy atom. The standard InChI is InChI=1S/C16H26O4/c1-9(11(3)17)15(19)14-10(2)13(20-12(4)18)7-8-16(14,5)6/h9,13,15,19H,7-8H2,1-6H3/t9-,13-,15+/m1/s1. The van der Waals surface area contributed by atoms with E-state index in [1.165, 1.54) is 13.8 Å². The van der Waals surface area contributed by atoms with Crippen LogP contribution in [0, 0.1) is 11.3 Å². The Morgan fingerprint density at radius 3 is 2.35 bits per heavy atom. The second-order valence-corrected chi connectivity index (χ2v) is 6.46. The summed E-state index contributed by atoms with van der Waals surface area (Å²) in [4.78, 5) is 22.7. The van der Waals surface area contributed by atoms with Crippen molar-refractivity contribution in [2.24, 2.45) is 11.3 Å². The van der Waals surface area contributed by atoms with Crippen molar-refractivity contribution in [1.82, 2.24) is 0 Å². The van der Waals surface area contributed by atoms with E-state index in [0.717, 1.165) is 24.0 Å². The van der Waals surface area contributed by atoms with E-state index in [0.29, 0.717) is 0 Å². The highest BCUT2D eigenvalue weighted by Gasteiger charge is 2.40. The number of aliphatic hydroxyl groups excluding tert-OH is 1. The molecule has 0 aromatic rings. The number of carbonyl (C=O) groups excluding carboxylic acids is 2. The molecule has 114 valence electrons. The molecular formula is C16H26O4. The summed E-state index contributed by atoms with van der Waals surface area (Å²) in [5.74, 6) is -0.805. The third kappa shape index (κ3) is 3.48. The number of hydrogen-bond donors (Lipinski definition) is 1. The van der Waals surface area contributed by atoms with Gasteiger partial charge < -0.3 is 9.84 Å². The molecule has 0 fully saturated rings. The molecule has 0 bridgehead atoms. The third-order valence-electron chi connectivity index (χ3n) is 4.39. The lowest BCUT2D eigenvalue weighted by Crippen LogP contribution is -2.39. The molecule has 0 unspecified atom stereocenters. The zero-order valence-electron chi connectivity index (χ0n) is 13.3. The normalized spacial score (nSPS) is 25.1. The largest absolute Gasteiger partial charge is 0.458 e. The van der Waals surface area contributed by atoms with E-state index in [2.05, 4.69) is 13.8 Å². The fourth-order valence-corrected chi connectivity index (χ4v) is 3.00. The first kappa shape index (κ1) is 16.9. The second-order valence-electron chi connectivity index (χ2n) is 6.46. The van der Waals surface area contributed by atoms with Crippen LogP contribution < -0.4 is 0 Å². The molecule has 0 heterocycles. The first-order valence-electron chi connectivity index (χ1n) is 7.14. The maximum Gasteiger partial charge on any atom is 0.303 e. The number of esters is 1. The van der Waals surface area contributed by atoms with Crippen LogP contribution in [0.2, 0.25) is 0 Å². The summed E-state index contributed by atoms with van der Waals surface area (Å²) in [6.45, 7) is 10.6. The van der Waals surface area contributed by atoms with Crippen molar-refractivity contribution in [3.63, 3.8) is 0 Å². The van der Waals surface area contributed by atoms with Gasteiger partial charge in [-0.1, -0.05) is 20.8 Å². The van der Waals surface area contributed by atoms with Gasteiger partial charge in [-0.25, -0.2) is 0 Å². The predicted molar refractivity (Wildman–Crippen MR) is 77.1 cm³/mol. The zero-order chi connectivity index (χ0) is 15.7. The number of ether oxygens (including phenoxy) is 1. The van der Waals surface area contributed by atoms with Gasteiger partial charge in [0, 0.05) is 12.8 Å². The van der Waals surface area contributed by atoms with Crippen LogP contribution in [0.25, 0.3) is 0 Å². The van der Waals surface area contributed by atoms with Gasteiger partial charge in [-0.15, -0.1) is 0 Å². The SMILES string of the molecule is CC(=O)O[C@@H]1CCC(C)(C)C([C@@H](O)[C@H](C)C(C)=O)=C1C. The average Bonchev–Trinajstić information content (AvgIpc) is 2.31. The molecule has 0 saturated heterocycles. The van der Waals surface area contributed by atoms with E-state index in [1.807, 2.05) is 6.92 Å². The smallest absolute Gasteiger partial charge is 0.303 e. The minimum Gasteiger partial charge on any atom is -0.458 e. The number of ketones is 1. The summed E-state index contributed by atoms with van der Waals surface area (Å²) in [6, 6.07) is 0. The molecule has 1 N–H and O–H groups in total. The molecule has 0 amide bonds. The Labute approximate surface area is 121 Å². The number of Topliss-reactive ketones (excluding diaryl/α,β-unsaturated/α-hetero) is 1. The summed E-state index contributed by atoms with van der Waals surface area (Å²) in [6.07, 6.45) is 0.466. The van der Waals surface area contributed by atoms with Crippen molar-refractivity contribution >= 4 is 11.8 Å². The molecule has 1 rings (SSSR count). The van der Waals surface area contributed by atoms with Crippen LogP contribution >= 0.6 is 0 Å². The van der Waals surface area contributed by atoms with Crippen molar-refractivity contribution in [1.29, 1.82) is 0 Å². The Morgan fingerprint density at radius 1 is 1.35 bits per heavy atom. The zero-order valence-corrected chi connectivity index (χ0v) is 13.3. The maximum absolute atomic E-state index is 11.5. The quantitative estimate of drug-likeness (QED) is 0.636.